The zero-order valence-corrected chi connectivity index (χ0v) is 6.79. The summed E-state index contributed by atoms with van der Waals surface area (Å²) in [6.07, 6.45) is 0.395. The Kier molecular flexibility index (Phi) is 5.13. The molecule has 44 valence electrons. The zero-order valence-electron chi connectivity index (χ0n) is 4.39. The monoisotopic (exact) mass is 192 g/mol. The lowest BCUT2D eigenvalue weighted by atomic mass is 10.5. The molecule has 0 heterocycles. The number of nitrogens with zero attached hydrogens (tertiary/aromatic N) is 2. The second-order valence-corrected chi connectivity index (χ2v) is 2.63. The van der Waals surface area contributed by atoms with E-state index in [1.807, 2.05) is 6.07 Å². The van der Waals surface area contributed by atoms with Crippen molar-refractivity contribution in [3.63, 3.8) is 0 Å². The van der Waals surface area contributed by atoms with Crippen molar-refractivity contribution in [1.82, 2.24) is 0 Å². The molecule has 0 saturated heterocycles. The lowest BCUT2D eigenvalue weighted by Crippen LogP contribution is -1.83. The van der Waals surface area contributed by atoms with E-state index in [0.29, 0.717) is 6.42 Å². The molecule has 0 fully saturated rings. The predicted molar refractivity (Wildman–Crippen MR) is 40.1 cm³/mol. The van der Waals surface area contributed by atoms with Crippen LogP contribution in [-0.4, -0.2) is 12.1 Å². The van der Waals surface area contributed by atoms with Crippen molar-refractivity contribution in [2.45, 2.75) is 6.42 Å². The highest BCUT2D eigenvalue weighted by atomic mass is 79.9. The SMILES string of the molecule is CN=C(CC#N)SBr. The van der Waals surface area contributed by atoms with Gasteiger partial charge in [0.1, 0.15) is 0 Å². The third kappa shape index (κ3) is 3.05. The number of halogens is 1. The average Bonchev–Trinajstić information content (AvgIpc) is 1.83. The van der Waals surface area contributed by atoms with E-state index in [0.717, 1.165) is 5.04 Å². The Bertz CT molecular complexity index is 126. The molecule has 0 atom stereocenters. The van der Waals surface area contributed by atoms with Gasteiger partial charge in [0.2, 0.25) is 0 Å². The van der Waals surface area contributed by atoms with Crippen molar-refractivity contribution in [3.8, 4) is 6.07 Å². The number of rotatable bonds is 1. The third-order valence-electron chi connectivity index (χ3n) is 0.569. The summed E-state index contributed by atoms with van der Waals surface area (Å²) in [6.45, 7) is 0. The fourth-order valence-corrected chi connectivity index (χ4v) is 1.17. The van der Waals surface area contributed by atoms with Crippen LogP contribution >= 0.6 is 25.0 Å². The van der Waals surface area contributed by atoms with Crippen LogP contribution in [0.3, 0.4) is 0 Å². The summed E-state index contributed by atoms with van der Waals surface area (Å²) in [5, 5.41) is 8.95. The van der Waals surface area contributed by atoms with E-state index in [1.165, 1.54) is 10.2 Å². The van der Waals surface area contributed by atoms with Crippen LogP contribution in [0.15, 0.2) is 4.99 Å². The minimum Gasteiger partial charge on any atom is -0.284 e. The lowest BCUT2D eigenvalue weighted by Gasteiger charge is -1.87. The molecule has 0 bridgehead atoms. The second kappa shape index (κ2) is 5.13. The first-order valence-electron chi connectivity index (χ1n) is 1.96. The molecule has 0 spiro atoms. The van der Waals surface area contributed by atoms with Crippen molar-refractivity contribution in [3.05, 3.63) is 0 Å². The van der Waals surface area contributed by atoms with Gasteiger partial charge < -0.3 is 0 Å². The number of hydrogen-bond donors (Lipinski definition) is 0. The van der Waals surface area contributed by atoms with E-state index >= 15 is 0 Å². The van der Waals surface area contributed by atoms with Gasteiger partial charge in [0.15, 0.2) is 0 Å². The molecule has 0 radical (unpaired) electrons. The van der Waals surface area contributed by atoms with Gasteiger partial charge in [0.05, 0.1) is 17.5 Å². The maximum atomic E-state index is 8.13. The van der Waals surface area contributed by atoms with Crippen molar-refractivity contribution >= 4 is 30.1 Å². The first-order valence-corrected chi connectivity index (χ1v) is 4.62. The first-order chi connectivity index (χ1) is 3.85. The molecule has 0 N–H and O–H groups in total. The molecule has 0 aliphatic heterocycles. The topological polar surface area (TPSA) is 36.1 Å². The highest BCUT2D eigenvalue weighted by molar-refractivity contribution is 9.52. The van der Waals surface area contributed by atoms with E-state index in [-0.39, 0.29) is 0 Å². The molecular weight excluding hydrogens is 188 g/mol. The van der Waals surface area contributed by atoms with Crippen LogP contribution in [0.1, 0.15) is 6.42 Å². The summed E-state index contributed by atoms with van der Waals surface area (Å²) >= 11 is 3.11. The van der Waals surface area contributed by atoms with Crippen LogP contribution in [0.2, 0.25) is 0 Å². The normalized spacial score (nSPS) is 10.9. The van der Waals surface area contributed by atoms with Gasteiger partial charge in [-0.1, -0.05) is 0 Å². The van der Waals surface area contributed by atoms with E-state index in [1.54, 1.807) is 7.05 Å². The van der Waals surface area contributed by atoms with Gasteiger partial charge in [-0.25, -0.2) is 0 Å². The van der Waals surface area contributed by atoms with E-state index in [9.17, 15) is 0 Å². The van der Waals surface area contributed by atoms with Crippen LogP contribution in [0, 0.1) is 11.3 Å². The van der Waals surface area contributed by atoms with Crippen molar-refractivity contribution in [2.24, 2.45) is 4.99 Å². The highest BCUT2D eigenvalue weighted by Gasteiger charge is 1.91. The van der Waals surface area contributed by atoms with Crippen LogP contribution in [-0.2, 0) is 0 Å². The molecule has 0 aromatic rings. The van der Waals surface area contributed by atoms with E-state index in [4.69, 9.17) is 5.26 Å². The summed E-state index contributed by atoms with van der Waals surface area (Å²) < 4.78 is 0. The quantitative estimate of drug-likeness (QED) is 0.471. The molecule has 0 aromatic carbocycles. The van der Waals surface area contributed by atoms with Gasteiger partial charge in [-0.3, -0.25) is 4.99 Å². The fraction of sp³-hybridized carbons (Fsp3) is 0.500. The molecular formula is C4H5BrN2S. The van der Waals surface area contributed by atoms with Crippen molar-refractivity contribution in [1.29, 1.82) is 5.26 Å². The van der Waals surface area contributed by atoms with Crippen LogP contribution in [0.5, 0.6) is 0 Å². The van der Waals surface area contributed by atoms with Gasteiger partial charge in [0, 0.05) is 7.05 Å². The Morgan fingerprint density at radius 1 is 2.00 bits per heavy atom. The molecule has 0 aliphatic rings. The third-order valence-corrected chi connectivity index (χ3v) is 2.19. The standard InChI is InChI=1S/C4H5BrN2S/c1-7-4(8-5)2-3-6/h2H2,1H3. The zero-order chi connectivity index (χ0) is 6.41. The average molecular weight is 193 g/mol. The maximum absolute atomic E-state index is 8.13. The number of aliphatic imine (C=N–C) groups is 1. The van der Waals surface area contributed by atoms with E-state index in [2.05, 4.69) is 19.8 Å². The summed E-state index contributed by atoms with van der Waals surface area (Å²) in [5.41, 5.74) is 0. The van der Waals surface area contributed by atoms with Crippen molar-refractivity contribution in [2.75, 3.05) is 7.05 Å². The first kappa shape index (κ1) is 7.99. The number of hydrogen-bond acceptors (Lipinski definition) is 3. The minimum atomic E-state index is 0.395. The second-order valence-electron chi connectivity index (χ2n) is 1.03. The molecule has 0 unspecified atom stereocenters. The summed E-state index contributed by atoms with van der Waals surface area (Å²) in [6, 6.07) is 1.99. The summed E-state index contributed by atoms with van der Waals surface area (Å²) in [7, 11) is 3.00. The lowest BCUT2D eigenvalue weighted by molar-refractivity contribution is 1.37. The molecule has 2 nitrogen and oxygen atoms in total. The summed E-state index contributed by atoms with van der Waals surface area (Å²) in [5.74, 6) is 0. The molecule has 4 heteroatoms. The highest BCUT2D eigenvalue weighted by Crippen LogP contribution is 2.14. The smallest absolute Gasteiger partial charge is 0.0924 e. The van der Waals surface area contributed by atoms with Gasteiger partial charge in [-0.15, -0.1) is 0 Å². The predicted octanol–water partition coefficient (Wildman–Crippen LogP) is 1.97. The largest absolute Gasteiger partial charge is 0.284 e. The van der Waals surface area contributed by atoms with Gasteiger partial charge in [-0.05, 0) is 25.0 Å². The Morgan fingerprint density at radius 2 is 2.62 bits per heavy atom. The maximum Gasteiger partial charge on any atom is 0.0924 e. The van der Waals surface area contributed by atoms with E-state index < -0.39 is 0 Å². The Morgan fingerprint density at radius 3 is 2.75 bits per heavy atom. The van der Waals surface area contributed by atoms with Gasteiger partial charge >= 0.3 is 0 Å². The Labute approximate surface area is 60.2 Å². The molecule has 0 aliphatic carbocycles. The van der Waals surface area contributed by atoms with Crippen LogP contribution in [0.25, 0.3) is 0 Å². The molecule has 8 heavy (non-hydrogen) atoms. The van der Waals surface area contributed by atoms with Gasteiger partial charge in [-0.2, -0.15) is 5.26 Å². The molecule has 0 saturated carbocycles. The van der Waals surface area contributed by atoms with Crippen molar-refractivity contribution < 1.29 is 0 Å². The fourth-order valence-electron chi connectivity index (χ4n) is 0.208. The van der Waals surface area contributed by atoms with Gasteiger partial charge in [0.25, 0.3) is 0 Å². The molecule has 0 amide bonds. The van der Waals surface area contributed by atoms with Crippen LogP contribution < -0.4 is 0 Å². The number of nitriles is 1. The minimum absolute atomic E-state index is 0.395. The van der Waals surface area contributed by atoms with Crippen LogP contribution in [0.4, 0.5) is 0 Å². The summed E-state index contributed by atoms with van der Waals surface area (Å²) in [4.78, 5) is 3.81. The molecule has 0 aromatic heterocycles. The molecule has 0 rings (SSSR count). The Hall–Kier alpha value is -0.0100. The Balaban J connectivity index is 3.59.